The molecule has 0 fully saturated rings. The summed E-state index contributed by atoms with van der Waals surface area (Å²) in [6.07, 6.45) is 3.88. The van der Waals surface area contributed by atoms with E-state index in [1.807, 2.05) is 42.2 Å². The average Bonchev–Trinajstić information content (AvgIpc) is 2.58. The lowest BCUT2D eigenvalue weighted by Gasteiger charge is -2.05. The fourth-order valence-corrected chi connectivity index (χ4v) is 2.09. The molecule has 0 aliphatic heterocycles. The molecule has 0 bridgehead atoms. The van der Waals surface area contributed by atoms with Gasteiger partial charge in [0.1, 0.15) is 0 Å². The van der Waals surface area contributed by atoms with Crippen LogP contribution in [0, 0.1) is 10.5 Å². The molecular weight excluding hydrogens is 322 g/mol. The van der Waals surface area contributed by atoms with E-state index in [4.69, 9.17) is 11.6 Å². The van der Waals surface area contributed by atoms with Gasteiger partial charge in [0, 0.05) is 14.8 Å². The summed E-state index contributed by atoms with van der Waals surface area (Å²) < 4.78 is 3.13. The van der Waals surface area contributed by atoms with Gasteiger partial charge in [0.05, 0.1) is 12.7 Å². The van der Waals surface area contributed by atoms with Crippen LogP contribution in [0.25, 0.3) is 0 Å². The molecule has 1 heterocycles. The number of hydrogen-bond donors (Lipinski definition) is 0. The fraction of sp³-hybridized carbons (Fsp3) is 0.182. The minimum absolute atomic E-state index is 0.771. The summed E-state index contributed by atoms with van der Waals surface area (Å²) in [6.45, 7) is 2.80. The van der Waals surface area contributed by atoms with Crippen molar-refractivity contribution in [2.45, 2.75) is 13.5 Å². The number of hydrogen-bond acceptors (Lipinski definition) is 1. The molecule has 0 N–H and O–H groups in total. The Bertz CT molecular complexity index is 479. The maximum Gasteiger partial charge on any atom is 0.0670 e. The van der Waals surface area contributed by atoms with Gasteiger partial charge in [0.15, 0.2) is 0 Å². The van der Waals surface area contributed by atoms with Gasteiger partial charge in [-0.3, -0.25) is 4.68 Å². The zero-order chi connectivity index (χ0) is 10.8. The molecule has 0 unspecified atom stereocenters. The predicted octanol–water partition coefficient (Wildman–Crippen LogP) is 3.50. The van der Waals surface area contributed by atoms with E-state index in [2.05, 4.69) is 27.7 Å². The van der Waals surface area contributed by atoms with Crippen molar-refractivity contribution < 1.29 is 0 Å². The van der Waals surface area contributed by atoms with E-state index < -0.39 is 0 Å². The molecule has 1 aromatic carbocycles. The molecular formula is C11H10ClIN2. The Morgan fingerprint density at radius 3 is 2.93 bits per heavy atom. The second-order valence-electron chi connectivity index (χ2n) is 3.45. The number of aryl methyl sites for hydroxylation is 1. The molecule has 0 saturated heterocycles. The lowest BCUT2D eigenvalue weighted by atomic mass is 10.2. The highest BCUT2D eigenvalue weighted by Crippen LogP contribution is 2.18. The second kappa shape index (κ2) is 4.53. The highest BCUT2D eigenvalue weighted by molar-refractivity contribution is 14.1. The van der Waals surface area contributed by atoms with Gasteiger partial charge in [0.25, 0.3) is 0 Å². The van der Waals surface area contributed by atoms with E-state index in [0.717, 1.165) is 11.6 Å². The zero-order valence-corrected chi connectivity index (χ0v) is 11.2. The van der Waals surface area contributed by atoms with Gasteiger partial charge in [0.2, 0.25) is 0 Å². The third-order valence-electron chi connectivity index (χ3n) is 2.10. The molecule has 0 saturated carbocycles. The molecule has 0 radical (unpaired) electrons. The van der Waals surface area contributed by atoms with Crippen LogP contribution in [-0.2, 0) is 6.54 Å². The molecule has 4 heteroatoms. The number of halogens is 2. The summed E-state index contributed by atoms with van der Waals surface area (Å²) in [4.78, 5) is 0. The van der Waals surface area contributed by atoms with Crippen molar-refractivity contribution in [1.29, 1.82) is 0 Å². The number of nitrogens with zero attached hydrogens (tertiary/aromatic N) is 2. The van der Waals surface area contributed by atoms with Crippen molar-refractivity contribution in [2.75, 3.05) is 0 Å². The molecule has 2 nitrogen and oxygen atoms in total. The van der Waals surface area contributed by atoms with Crippen LogP contribution in [0.1, 0.15) is 11.1 Å². The van der Waals surface area contributed by atoms with Crippen molar-refractivity contribution in [3.05, 3.63) is 50.3 Å². The largest absolute Gasteiger partial charge is 0.268 e. The third kappa shape index (κ3) is 2.72. The zero-order valence-electron chi connectivity index (χ0n) is 8.24. The van der Waals surface area contributed by atoms with Gasteiger partial charge in [-0.25, -0.2) is 0 Å². The first kappa shape index (κ1) is 11.0. The second-order valence-corrected chi connectivity index (χ2v) is 5.05. The van der Waals surface area contributed by atoms with Crippen LogP contribution in [0.15, 0.2) is 30.6 Å². The maximum absolute atomic E-state index is 5.96. The van der Waals surface area contributed by atoms with Crippen molar-refractivity contribution >= 4 is 34.2 Å². The quantitative estimate of drug-likeness (QED) is 0.770. The molecule has 2 rings (SSSR count). The van der Waals surface area contributed by atoms with Crippen LogP contribution in [0.2, 0.25) is 5.02 Å². The molecule has 1 aromatic heterocycles. The van der Waals surface area contributed by atoms with E-state index in [-0.39, 0.29) is 0 Å². The van der Waals surface area contributed by atoms with Crippen molar-refractivity contribution in [1.82, 2.24) is 9.78 Å². The van der Waals surface area contributed by atoms with E-state index in [0.29, 0.717) is 0 Å². The SMILES string of the molecule is Cc1cnn(Cc2cc(Cl)ccc2I)c1. The predicted molar refractivity (Wildman–Crippen MR) is 70.2 cm³/mol. The van der Waals surface area contributed by atoms with Crippen molar-refractivity contribution in [3.8, 4) is 0 Å². The molecule has 15 heavy (non-hydrogen) atoms. The van der Waals surface area contributed by atoms with Crippen LogP contribution in [0.3, 0.4) is 0 Å². The van der Waals surface area contributed by atoms with Crippen LogP contribution in [0.4, 0.5) is 0 Å². The molecule has 0 spiro atoms. The summed E-state index contributed by atoms with van der Waals surface area (Å²) >= 11 is 8.27. The molecule has 2 aromatic rings. The fourth-order valence-electron chi connectivity index (χ4n) is 1.39. The Balaban J connectivity index is 2.27. The summed E-state index contributed by atoms with van der Waals surface area (Å²) in [7, 11) is 0. The Hall–Kier alpha value is -0.550. The minimum atomic E-state index is 0.771. The summed E-state index contributed by atoms with van der Waals surface area (Å²) in [5, 5.41) is 5.02. The van der Waals surface area contributed by atoms with Crippen molar-refractivity contribution in [2.24, 2.45) is 0 Å². The normalized spacial score (nSPS) is 10.6. The van der Waals surface area contributed by atoms with Crippen molar-refractivity contribution in [3.63, 3.8) is 0 Å². The number of benzene rings is 1. The highest BCUT2D eigenvalue weighted by Gasteiger charge is 2.02. The van der Waals surface area contributed by atoms with Crippen LogP contribution in [-0.4, -0.2) is 9.78 Å². The van der Waals surface area contributed by atoms with E-state index >= 15 is 0 Å². The van der Waals surface area contributed by atoms with Gasteiger partial charge in [-0.05, 0) is 58.8 Å². The molecule has 0 atom stereocenters. The van der Waals surface area contributed by atoms with Crippen LogP contribution in [0.5, 0.6) is 0 Å². The standard InChI is InChI=1S/C11H10ClIN2/c1-8-5-14-15(6-8)7-9-4-10(12)2-3-11(9)13/h2-6H,7H2,1H3. The Morgan fingerprint density at radius 1 is 1.47 bits per heavy atom. The molecule has 0 aliphatic rings. The lowest BCUT2D eigenvalue weighted by molar-refractivity contribution is 0.684. The summed E-state index contributed by atoms with van der Waals surface area (Å²) in [5.41, 5.74) is 2.37. The minimum Gasteiger partial charge on any atom is -0.268 e. The van der Waals surface area contributed by atoms with E-state index in [1.165, 1.54) is 14.7 Å². The van der Waals surface area contributed by atoms with Gasteiger partial charge >= 0.3 is 0 Å². The average molecular weight is 333 g/mol. The lowest BCUT2D eigenvalue weighted by Crippen LogP contribution is -2.01. The topological polar surface area (TPSA) is 17.8 Å². The Labute approximate surface area is 107 Å². The first-order chi connectivity index (χ1) is 7.15. The van der Waals surface area contributed by atoms with E-state index in [1.54, 1.807) is 0 Å². The Kier molecular flexibility index (Phi) is 3.31. The van der Waals surface area contributed by atoms with Gasteiger partial charge in [-0.15, -0.1) is 0 Å². The highest BCUT2D eigenvalue weighted by atomic mass is 127. The third-order valence-corrected chi connectivity index (χ3v) is 3.39. The summed E-state index contributed by atoms with van der Waals surface area (Å²) in [5.74, 6) is 0. The van der Waals surface area contributed by atoms with Gasteiger partial charge in [-0.1, -0.05) is 11.6 Å². The molecule has 78 valence electrons. The van der Waals surface area contributed by atoms with Gasteiger partial charge in [-0.2, -0.15) is 5.10 Å². The first-order valence-corrected chi connectivity index (χ1v) is 6.04. The van der Waals surface area contributed by atoms with Crippen LogP contribution < -0.4 is 0 Å². The maximum atomic E-state index is 5.96. The number of aromatic nitrogens is 2. The smallest absolute Gasteiger partial charge is 0.0670 e. The monoisotopic (exact) mass is 332 g/mol. The van der Waals surface area contributed by atoms with Crippen LogP contribution >= 0.6 is 34.2 Å². The molecule has 0 aliphatic carbocycles. The molecule has 0 amide bonds. The Morgan fingerprint density at radius 2 is 2.27 bits per heavy atom. The number of rotatable bonds is 2. The van der Waals surface area contributed by atoms with Gasteiger partial charge < -0.3 is 0 Å². The summed E-state index contributed by atoms with van der Waals surface area (Å²) in [6, 6.07) is 5.91. The first-order valence-electron chi connectivity index (χ1n) is 4.58. The van der Waals surface area contributed by atoms with E-state index in [9.17, 15) is 0 Å².